The highest BCUT2D eigenvalue weighted by Gasteiger charge is 2.32. The van der Waals surface area contributed by atoms with Gasteiger partial charge in [-0.3, -0.25) is 4.79 Å². The SMILES string of the molecule is C[C@@]1(c2ccccc2)CCCN(CCC(N)=O)C1. The third-order valence-electron chi connectivity index (χ3n) is 3.92. The van der Waals surface area contributed by atoms with Gasteiger partial charge in [0, 0.05) is 24.9 Å². The van der Waals surface area contributed by atoms with Crippen molar-refractivity contribution in [2.45, 2.75) is 31.6 Å². The molecule has 98 valence electrons. The topological polar surface area (TPSA) is 46.3 Å². The fourth-order valence-electron chi connectivity index (χ4n) is 2.88. The van der Waals surface area contributed by atoms with Gasteiger partial charge in [-0.25, -0.2) is 0 Å². The Balaban J connectivity index is 2.03. The summed E-state index contributed by atoms with van der Waals surface area (Å²) in [6.07, 6.45) is 2.86. The summed E-state index contributed by atoms with van der Waals surface area (Å²) in [4.78, 5) is 13.2. The molecule has 0 saturated carbocycles. The van der Waals surface area contributed by atoms with Gasteiger partial charge in [0.15, 0.2) is 0 Å². The molecular formula is C15H22N2O. The van der Waals surface area contributed by atoms with Gasteiger partial charge in [0.1, 0.15) is 0 Å². The van der Waals surface area contributed by atoms with Crippen molar-refractivity contribution in [3.8, 4) is 0 Å². The lowest BCUT2D eigenvalue weighted by Crippen LogP contribution is -2.45. The third-order valence-corrected chi connectivity index (χ3v) is 3.92. The molecule has 2 rings (SSSR count). The van der Waals surface area contributed by atoms with Gasteiger partial charge in [-0.1, -0.05) is 37.3 Å². The van der Waals surface area contributed by atoms with Crippen LogP contribution < -0.4 is 5.73 Å². The minimum absolute atomic E-state index is 0.206. The maximum atomic E-state index is 10.9. The van der Waals surface area contributed by atoms with Crippen LogP contribution in [0.4, 0.5) is 0 Å². The number of benzene rings is 1. The van der Waals surface area contributed by atoms with Crippen LogP contribution in [0.2, 0.25) is 0 Å². The van der Waals surface area contributed by atoms with Crippen LogP contribution in [0.15, 0.2) is 30.3 Å². The second kappa shape index (κ2) is 5.53. The van der Waals surface area contributed by atoms with Gasteiger partial charge < -0.3 is 10.6 Å². The number of amides is 1. The number of piperidine rings is 1. The Kier molecular flexibility index (Phi) is 4.02. The molecule has 1 atom stereocenters. The summed E-state index contributed by atoms with van der Waals surface area (Å²) in [5.41, 5.74) is 6.83. The molecule has 1 heterocycles. The van der Waals surface area contributed by atoms with Crippen LogP contribution in [0, 0.1) is 0 Å². The largest absolute Gasteiger partial charge is 0.370 e. The zero-order valence-electron chi connectivity index (χ0n) is 11.1. The predicted octanol–water partition coefficient (Wildman–Crippen LogP) is 1.92. The number of likely N-dealkylation sites (tertiary alicyclic amines) is 1. The molecule has 0 radical (unpaired) electrons. The molecule has 0 aromatic heterocycles. The van der Waals surface area contributed by atoms with Crippen molar-refractivity contribution in [1.29, 1.82) is 0 Å². The number of carbonyl (C=O) groups is 1. The van der Waals surface area contributed by atoms with E-state index in [-0.39, 0.29) is 11.3 Å². The summed E-state index contributed by atoms with van der Waals surface area (Å²) in [5.74, 6) is -0.206. The number of nitrogens with two attached hydrogens (primary N) is 1. The van der Waals surface area contributed by atoms with Gasteiger partial charge >= 0.3 is 0 Å². The highest BCUT2D eigenvalue weighted by molar-refractivity contribution is 5.73. The van der Waals surface area contributed by atoms with Crippen molar-refractivity contribution in [2.75, 3.05) is 19.6 Å². The summed E-state index contributed by atoms with van der Waals surface area (Å²) >= 11 is 0. The van der Waals surface area contributed by atoms with Gasteiger partial charge in [-0.15, -0.1) is 0 Å². The predicted molar refractivity (Wildman–Crippen MR) is 73.3 cm³/mol. The zero-order chi connectivity index (χ0) is 13.0. The standard InChI is InChI=1S/C15H22N2O/c1-15(13-6-3-2-4-7-13)9-5-10-17(12-15)11-8-14(16)18/h2-4,6-7H,5,8-12H2,1H3,(H2,16,18)/t15-/m1/s1. The van der Waals surface area contributed by atoms with Gasteiger partial charge in [0.25, 0.3) is 0 Å². The lowest BCUT2D eigenvalue weighted by molar-refractivity contribution is -0.118. The van der Waals surface area contributed by atoms with Crippen LogP contribution >= 0.6 is 0 Å². The number of hydrogen-bond acceptors (Lipinski definition) is 2. The molecule has 1 aliphatic rings. The van der Waals surface area contributed by atoms with Gasteiger partial charge in [-0.2, -0.15) is 0 Å². The summed E-state index contributed by atoms with van der Waals surface area (Å²) in [6, 6.07) is 10.7. The minimum atomic E-state index is -0.206. The molecule has 0 bridgehead atoms. The van der Waals surface area contributed by atoms with Crippen molar-refractivity contribution < 1.29 is 4.79 Å². The van der Waals surface area contributed by atoms with E-state index < -0.39 is 0 Å². The van der Waals surface area contributed by atoms with E-state index in [9.17, 15) is 4.79 Å². The highest BCUT2D eigenvalue weighted by atomic mass is 16.1. The summed E-state index contributed by atoms with van der Waals surface area (Å²) in [5, 5.41) is 0. The quantitative estimate of drug-likeness (QED) is 0.882. The van der Waals surface area contributed by atoms with E-state index in [1.165, 1.54) is 18.4 Å². The lowest BCUT2D eigenvalue weighted by atomic mass is 9.76. The minimum Gasteiger partial charge on any atom is -0.370 e. The number of primary amides is 1. The summed E-state index contributed by atoms with van der Waals surface area (Å²) in [7, 11) is 0. The average molecular weight is 246 g/mol. The Hall–Kier alpha value is -1.35. The first-order valence-corrected chi connectivity index (χ1v) is 6.66. The maximum Gasteiger partial charge on any atom is 0.218 e. The summed E-state index contributed by atoms with van der Waals surface area (Å²) in [6.45, 7) is 5.20. The van der Waals surface area contributed by atoms with Crippen molar-refractivity contribution in [1.82, 2.24) is 4.90 Å². The zero-order valence-corrected chi connectivity index (χ0v) is 11.1. The van der Waals surface area contributed by atoms with Crippen LogP contribution in [0.5, 0.6) is 0 Å². The Labute approximate surface area is 109 Å². The van der Waals surface area contributed by atoms with Crippen LogP contribution in [0.3, 0.4) is 0 Å². The molecule has 0 unspecified atom stereocenters. The van der Waals surface area contributed by atoms with Crippen molar-refractivity contribution in [3.05, 3.63) is 35.9 Å². The lowest BCUT2D eigenvalue weighted by Gasteiger charge is -2.41. The molecule has 1 saturated heterocycles. The van der Waals surface area contributed by atoms with E-state index in [1.54, 1.807) is 0 Å². The molecule has 0 spiro atoms. The normalized spacial score (nSPS) is 24.9. The smallest absolute Gasteiger partial charge is 0.218 e. The van der Waals surface area contributed by atoms with Crippen LogP contribution in [-0.2, 0) is 10.2 Å². The summed E-state index contributed by atoms with van der Waals surface area (Å²) < 4.78 is 0. The number of hydrogen-bond donors (Lipinski definition) is 1. The van der Waals surface area contributed by atoms with Crippen molar-refractivity contribution in [2.24, 2.45) is 5.73 Å². The molecule has 18 heavy (non-hydrogen) atoms. The number of carbonyl (C=O) groups excluding carboxylic acids is 1. The van der Waals surface area contributed by atoms with Crippen LogP contribution in [0.25, 0.3) is 0 Å². The van der Waals surface area contributed by atoms with Gasteiger partial charge in [0.2, 0.25) is 5.91 Å². The molecule has 1 aromatic carbocycles. The first-order chi connectivity index (χ1) is 8.60. The Bertz CT molecular complexity index is 404. The Morgan fingerprint density at radius 3 is 2.78 bits per heavy atom. The van der Waals surface area contributed by atoms with Crippen molar-refractivity contribution >= 4 is 5.91 Å². The van der Waals surface area contributed by atoms with E-state index in [0.717, 1.165) is 19.6 Å². The Morgan fingerprint density at radius 2 is 2.11 bits per heavy atom. The van der Waals surface area contributed by atoms with Crippen LogP contribution in [0.1, 0.15) is 31.7 Å². The maximum absolute atomic E-state index is 10.9. The second-order valence-electron chi connectivity index (χ2n) is 5.52. The number of rotatable bonds is 4. The molecule has 3 nitrogen and oxygen atoms in total. The first-order valence-electron chi connectivity index (χ1n) is 6.66. The Morgan fingerprint density at radius 1 is 1.39 bits per heavy atom. The molecule has 1 aromatic rings. The third kappa shape index (κ3) is 3.10. The fraction of sp³-hybridized carbons (Fsp3) is 0.533. The highest BCUT2D eigenvalue weighted by Crippen LogP contribution is 2.33. The van der Waals surface area contributed by atoms with E-state index in [0.29, 0.717) is 6.42 Å². The molecule has 1 amide bonds. The monoisotopic (exact) mass is 246 g/mol. The van der Waals surface area contributed by atoms with Gasteiger partial charge in [-0.05, 0) is 24.9 Å². The van der Waals surface area contributed by atoms with E-state index in [4.69, 9.17) is 5.73 Å². The molecule has 0 aliphatic carbocycles. The molecular weight excluding hydrogens is 224 g/mol. The molecule has 2 N–H and O–H groups in total. The number of nitrogens with zero attached hydrogens (tertiary/aromatic N) is 1. The van der Waals surface area contributed by atoms with Crippen LogP contribution in [-0.4, -0.2) is 30.4 Å². The molecule has 3 heteroatoms. The molecule has 1 fully saturated rings. The van der Waals surface area contributed by atoms with E-state index in [1.807, 2.05) is 0 Å². The van der Waals surface area contributed by atoms with Crippen molar-refractivity contribution in [3.63, 3.8) is 0 Å². The average Bonchev–Trinajstić information content (AvgIpc) is 2.38. The molecule has 1 aliphatic heterocycles. The van der Waals surface area contributed by atoms with Gasteiger partial charge in [0.05, 0.1) is 0 Å². The first kappa shape index (κ1) is 13.1. The van der Waals surface area contributed by atoms with E-state index >= 15 is 0 Å². The fourth-order valence-corrected chi connectivity index (χ4v) is 2.88. The second-order valence-corrected chi connectivity index (χ2v) is 5.52. The van der Waals surface area contributed by atoms with E-state index in [2.05, 4.69) is 42.2 Å².